The lowest BCUT2D eigenvalue weighted by Gasteiger charge is -2.23. The Balaban J connectivity index is 1.86. The van der Waals surface area contributed by atoms with Crippen LogP contribution in [-0.2, 0) is 17.8 Å². The quantitative estimate of drug-likeness (QED) is 0.826. The number of rotatable bonds is 3. The highest BCUT2D eigenvalue weighted by Gasteiger charge is 2.26. The topological polar surface area (TPSA) is 73.1 Å². The molecule has 0 unspecified atom stereocenters. The molecule has 1 aliphatic rings. The van der Waals surface area contributed by atoms with E-state index in [0.717, 1.165) is 12.4 Å². The lowest BCUT2D eigenvalue weighted by molar-refractivity contribution is 0.0665. The van der Waals surface area contributed by atoms with Gasteiger partial charge < -0.3 is 14.2 Å². The molecule has 0 aromatic carbocycles. The number of nitrogens with zero attached hydrogens (tertiary/aromatic N) is 5. The first-order valence-corrected chi connectivity index (χ1v) is 6.83. The normalized spacial score (nSPS) is 18.1. The Bertz CT molecular complexity index is 613. The number of carbonyl (C=O) groups excluding carboxylic acids is 1. The maximum Gasteiger partial charge on any atom is 0.255 e. The summed E-state index contributed by atoms with van der Waals surface area (Å²) in [6.07, 6.45) is 6.73. The second-order valence-corrected chi connectivity index (χ2v) is 5.13. The minimum absolute atomic E-state index is 0.0533. The molecule has 0 fully saturated rings. The van der Waals surface area contributed by atoms with E-state index in [-0.39, 0.29) is 11.8 Å². The molecule has 110 valence electrons. The number of imidazole rings is 1. The van der Waals surface area contributed by atoms with Crippen molar-refractivity contribution in [1.82, 2.24) is 24.6 Å². The van der Waals surface area contributed by atoms with Crippen molar-refractivity contribution in [3.8, 4) is 0 Å². The number of ether oxygens (including phenoxy) is 1. The summed E-state index contributed by atoms with van der Waals surface area (Å²) in [7, 11) is 1.68. The summed E-state index contributed by atoms with van der Waals surface area (Å²) < 4.78 is 7.35. The van der Waals surface area contributed by atoms with E-state index >= 15 is 0 Å². The van der Waals surface area contributed by atoms with Gasteiger partial charge in [-0.05, 0) is 6.07 Å². The van der Waals surface area contributed by atoms with Crippen LogP contribution in [0.1, 0.15) is 16.2 Å². The monoisotopic (exact) mass is 287 g/mol. The summed E-state index contributed by atoms with van der Waals surface area (Å²) in [5.41, 5.74) is 0.543. The molecular weight excluding hydrogens is 270 g/mol. The Labute approximate surface area is 122 Å². The van der Waals surface area contributed by atoms with Gasteiger partial charge in [0.1, 0.15) is 5.82 Å². The maximum absolute atomic E-state index is 12.6. The molecule has 7 nitrogen and oxygen atoms in total. The van der Waals surface area contributed by atoms with Gasteiger partial charge in [-0.3, -0.25) is 4.79 Å². The van der Waals surface area contributed by atoms with E-state index in [0.29, 0.717) is 25.3 Å². The summed E-state index contributed by atoms with van der Waals surface area (Å²) in [6, 6.07) is 1.68. The van der Waals surface area contributed by atoms with Gasteiger partial charge in [0, 0.05) is 38.5 Å². The van der Waals surface area contributed by atoms with Crippen LogP contribution >= 0.6 is 0 Å². The molecule has 0 saturated heterocycles. The first kappa shape index (κ1) is 13.7. The number of aromatic nitrogens is 4. The van der Waals surface area contributed by atoms with Crippen LogP contribution in [0.2, 0.25) is 0 Å². The summed E-state index contributed by atoms with van der Waals surface area (Å²) in [5, 5.41) is 7.48. The predicted molar refractivity (Wildman–Crippen MR) is 74.4 cm³/mol. The van der Waals surface area contributed by atoms with Gasteiger partial charge in [0.15, 0.2) is 0 Å². The van der Waals surface area contributed by atoms with Crippen molar-refractivity contribution in [3.63, 3.8) is 0 Å². The number of carbonyl (C=O) groups is 1. The Morgan fingerprint density at radius 2 is 2.29 bits per heavy atom. The molecule has 0 radical (unpaired) electrons. The van der Waals surface area contributed by atoms with Crippen LogP contribution in [0, 0.1) is 5.92 Å². The molecule has 7 heteroatoms. The molecule has 0 bridgehead atoms. The average Bonchev–Trinajstić information content (AvgIpc) is 2.86. The van der Waals surface area contributed by atoms with Crippen molar-refractivity contribution >= 4 is 5.91 Å². The standard InChI is InChI=1S/C14H17N5O2/c1-21-10-11-7-18-5-4-15-13(18)9-19(8-11)14(20)12-2-3-16-17-6-12/h2-6,11H,7-10H2,1H3/t11-/m1/s1. The zero-order chi connectivity index (χ0) is 14.7. The van der Waals surface area contributed by atoms with E-state index in [9.17, 15) is 4.79 Å². The zero-order valence-corrected chi connectivity index (χ0v) is 11.8. The molecule has 3 heterocycles. The second kappa shape index (κ2) is 6.01. The van der Waals surface area contributed by atoms with Gasteiger partial charge in [0.05, 0.1) is 31.1 Å². The summed E-state index contributed by atoms with van der Waals surface area (Å²) in [5.74, 6) is 1.08. The van der Waals surface area contributed by atoms with Crippen molar-refractivity contribution in [2.24, 2.45) is 5.92 Å². The van der Waals surface area contributed by atoms with Gasteiger partial charge in [0.25, 0.3) is 5.91 Å². The summed E-state index contributed by atoms with van der Waals surface area (Å²) in [6.45, 7) is 2.55. The maximum atomic E-state index is 12.6. The van der Waals surface area contributed by atoms with Crippen molar-refractivity contribution in [1.29, 1.82) is 0 Å². The smallest absolute Gasteiger partial charge is 0.255 e. The van der Waals surface area contributed by atoms with Crippen molar-refractivity contribution in [3.05, 3.63) is 42.2 Å². The molecule has 1 amide bonds. The van der Waals surface area contributed by atoms with E-state index in [2.05, 4.69) is 19.7 Å². The van der Waals surface area contributed by atoms with Crippen molar-refractivity contribution in [2.45, 2.75) is 13.1 Å². The largest absolute Gasteiger partial charge is 0.384 e. The van der Waals surface area contributed by atoms with E-state index in [1.54, 1.807) is 24.3 Å². The lowest BCUT2D eigenvalue weighted by Crippen LogP contribution is -2.35. The van der Waals surface area contributed by atoms with Gasteiger partial charge in [-0.1, -0.05) is 0 Å². The average molecular weight is 287 g/mol. The van der Waals surface area contributed by atoms with Gasteiger partial charge in [-0.25, -0.2) is 4.98 Å². The highest BCUT2D eigenvalue weighted by atomic mass is 16.5. The van der Waals surface area contributed by atoms with Crippen LogP contribution in [0.4, 0.5) is 0 Å². The Kier molecular flexibility index (Phi) is 3.92. The third kappa shape index (κ3) is 2.92. The molecular formula is C14H17N5O2. The fourth-order valence-corrected chi connectivity index (χ4v) is 2.64. The fraction of sp³-hybridized carbons (Fsp3) is 0.429. The van der Waals surface area contributed by atoms with Gasteiger partial charge in [-0.15, -0.1) is 0 Å². The van der Waals surface area contributed by atoms with Crippen LogP contribution in [-0.4, -0.2) is 50.8 Å². The van der Waals surface area contributed by atoms with Crippen LogP contribution < -0.4 is 0 Å². The SMILES string of the molecule is COC[C@H]1CN(C(=O)c2ccnnc2)Cc2nccn2C1. The van der Waals surface area contributed by atoms with Gasteiger partial charge >= 0.3 is 0 Å². The first-order chi connectivity index (χ1) is 10.3. The highest BCUT2D eigenvalue weighted by molar-refractivity contribution is 5.93. The Morgan fingerprint density at radius 3 is 3.05 bits per heavy atom. The minimum Gasteiger partial charge on any atom is -0.384 e. The van der Waals surface area contributed by atoms with E-state index < -0.39 is 0 Å². The molecule has 1 aliphatic heterocycles. The molecule has 1 atom stereocenters. The summed E-state index contributed by atoms with van der Waals surface area (Å²) in [4.78, 5) is 18.8. The van der Waals surface area contributed by atoms with Crippen LogP contribution in [0.3, 0.4) is 0 Å². The van der Waals surface area contributed by atoms with Crippen LogP contribution in [0.15, 0.2) is 30.9 Å². The third-order valence-electron chi connectivity index (χ3n) is 3.59. The summed E-state index contributed by atoms with van der Waals surface area (Å²) >= 11 is 0. The molecule has 2 aromatic rings. The number of amides is 1. The van der Waals surface area contributed by atoms with E-state index in [4.69, 9.17) is 4.74 Å². The molecule has 21 heavy (non-hydrogen) atoms. The Hall–Kier alpha value is -2.28. The molecule has 3 rings (SSSR count). The van der Waals surface area contributed by atoms with Crippen LogP contribution in [0.5, 0.6) is 0 Å². The molecule has 2 aromatic heterocycles. The van der Waals surface area contributed by atoms with E-state index in [1.807, 2.05) is 6.20 Å². The van der Waals surface area contributed by atoms with Crippen LogP contribution in [0.25, 0.3) is 0 Å². The lowest BCUT2D eigenvalue weighted by atomic mass is 10.1. The first-order valence-electron chi connectivity index (χ1n) is 6.83. The molecule has 0 aliphatic carbocycles. The predicted octanol–water partition coefficient (Wildman–Crippen LogP) is 0.592. The van der Waals surface area contributed by atoms with Gasteiger partial charge in [0.2, 0.25) is 0 Å². The highest BCUT2D eigenvalue weighted by Crippen LogP contribution is 2.17. The van der Waals surface area contributed by atoms with Gasteiger partial charge in [-0.2, -0.15) is 10.2 Å². The van der Waals surface area contributed by atoms with Crippen molar-refractivity contribution in [2.75, 3.05) is 20.3 Å². The third-order valence-corrected chi connectivity index (χ3v) is 3.59. The van der Waals surface area contributed by atoms with Crippen molar-refractivity contribution < 1.29 is 9.53 Å². The molecule has 0 N–H and O–H groups in total. The van der Waals surface area contributed by atoms with E-state index in [1.165, 1.54) is 12.4 Å². The molecule has 0 saturated carbocycles. The fourth-order valence-electron chi connectivity index (χ4n) is 2.64. The Morgan fingerprint density at radius 1 is 1.38 bits per heavy atom. The number of methoxy groups -OCH3 is 1. The molecule has 0 spiro atoms. The minimum atomic E-state index is -0.0533. The number of hydrogen-bond donors (Lipinski definition) is 0. The number of fused-ring (bicyclic) bond motifs is 1. The number of hydrogen-bond acceptors (Lipinski definition) is 5. The zero-order valence-electron chi connectivity index (χ0n) is 11.8. The second-order valence-electron chi connectivity index (χ2n) is 5.13.